The van der Waals surface area contributed by atoms with Gasteiger partial charge in [0, 0.05) is 12.6 Å². The number of nitrogens with one attached hydrogen (secondary N) is 1. The number of rotatable bonds is 5. The van der Waals surface area contributed by atoms with E-state index in [9.17, 15) is 0 Å². The van der Waals surface area contributed by atoms with Crippen molar-refractivity contribution in [3.63, 3.8) is 0 Å². The maximum atomic E-state index is 3.60. The van der Waals surface area contributed by atoms with Crippen molar-refractivity contribution in [3.05, 3.63) is 59.7 Å². The molecule has 17 heavy (non-hydrogen) atoms. The lowest BCUT2D eigenvalue weighted by atomic mass is 10.0. The molecule has 90 valence electrons. The minimum absolute atomic E-state index is 0.532. The van der Waals surface area contributed by atoms with Crippen LogP contribution in [0, 0.1) is 0 Å². The number of hydrogen-bond acceptors (Lipinski definition) is 1. The molecule has 0 amide bonds. The third-order valence-corrected chi connectivity index (χ3v) is 3.16. The Kier molecular flexibility index (Phi) is 4.57. The highest BCUT2D eigenvalue weighted by Crippen LogP contribution is 2.11. The van der Waals surface area contributed by atoms with E-state index in [2.05, 4.69) is 60.8 Å². The van der Waals surface area contributed by atoms with Gasteiger partial charge in [-0.05, 0) is 31.7 Å². The molecule has 0 saturated heterocycles. The second-order valence-electron chi connectivity index (χ2n) is 4.76. The molecule has 1 N–H and O–H groups in total. The summed E-state index contributed by atoms with van der Waals surface area (Å²) in [7, 11) is 0. The molecule has 1 aliphatic rings. The fourth-order valence-corrected chi connectivity index (χ4v) is 2.14. The summed E-state index contributed by atoms with van der Waals surface area (Å²) in [5.74, 6) is 0. The summed E-state index contributed by atoms with van der Waals surface area (Å²) in [6, 6.07) is 11.2. The van der Waals surface area contributed by atoms with Gasteiger partial charge in [-0.2, -0.15) is 0 Å². The average molecular weight is 227 g/mol. The molecule has 1 aliphatic carbocycles. The van der Waals surface area contributed by atoms with E-state index in [4.69, 9.17) is 0 Å². The molecule has 0 aliphatic heterocycles. The molecule has 1 nitrogen and oxygen atoms in total. The number of allylic oxidation sites excluding steroid dienone is 3. The number of benzene rings is 1. The Balaban J connectivity index is 1.76. The molecule has 0 aromatic heterocycles. The smallest absolute Gasteiger partial charge is 0.0170 e. The first-order chi connectivity index (χ1) is 8.34. The van der Waals surface area contributed by atoms with Gasteiger partial charge in [0.1, 0.15) is 0 Å². The van der Waals surface area contributed by atoms with Crippen LogP contribution in [-0.4, -0.2) is 12.6 Å². The Morgan fingerprint density at radius 1 is 1.24 bits per heavy atom. The van der Waals surface area contributed by atoms with Crippen molar-refractivity contribution in [2.45, 2.75) is 32.2 Å². The molecule has 0 heterocycles. The third-order valence-electron chi connectivity index (χ3n) is 3.16. The molecule has 0 saturated carbocycles. The van der Waals surface area contributed by atoms with Crippen LogP contribution in [0.3, 0.4) is 0 Å². The van der Waals surface area contributed by atoms with Gasteiger partial charge in [0.15, 0.2) is 0 Å². The summed E-state index contributed by atoms with van der Waals surface area (Å²) < 4.78 is 0. The maximum Gasteiger partial charge on any atom is 0.0170 e. The van der Waals surface area contributed by atoms with Gasteiger partial charge in [-0.3, -0.25) is 0 Å². The standard InChI is InChI=1S/C16H21N/c1-14(12-15-8-4-2-5-9-15)17-13-16-10-6-3-7-11-16/h2-6,8-10,14,17H,7,11-13H2,1H3. The van der Waals surface area contributed by atoms with Gasteiger partial charge in [0.25, 0.3) is 0 Å². The lowest BCUT2D eigenvalue weighted by Crippen LogP contribution is -2.30. The summed E-state index contributed by atoms with van der Waals surface area (Å²) in [6.45, 7) is 3.28. The van der Waals surface area contributed by atoms with Crippen LogP contribution in [0.25, 0.3) is 0 Å². The summed E-state index contributed by atoms with van der Waals surface area (Å²) in [6.07, 6.45) is 10.1. The van der Waals surface area contributed by atoms with Gasteiger partial charge in [0.2, 0.25) is 0 Å². The SMILES string of the molecule is CC(Cc1ccccc1)NCC1=CC=CCC1. The van der Waals surface area contributed by atoms with Crippen LogP contribution in [-0.2, 0) is 6.42 Å². The zero-order valence-corrected chi connectivity index (χ0v) is 10.5. The lowest BCUT2D eigenvalue weighted by molar-refractivity contribution is 0.566. The van der Waals surface area contributed by atoms with E-state index in [1.165, 1.54) is 24.0 Å². The molecular weight excluding hydrogens is 206 g/mol. The van der Waals surface area contributed by atoms with Crippen molar-refractivity contribution in [1.82, 2.24) is 5.32 Å². The molecule has 0 bridgehead atoms. The zero-order valence-electron chi connectivity index (χ0n) is 10.5. The van der Waals surface area contributed by atoms with Gasteiger partial charge in [0.05, 0.1) is 0 Å². The molecule has 1 aromatic rings. The first-order valence-electron chi connectivity index (χ1n) is 6.46. The van der Waals surface area contributed by atoms with Gasteiger partial charge in [-0.15, -0.1) is 0 Å². The monoisotopic (exact) mass is 227 g/mol. The van der Waals surface area contributed by atoms with Gasteiger partial charge in [-0.1, -0.05) is 54.1 Å². The third kappa shape index (κ3) is 4.20. The van der Waals surface area contributed by atoms with E-state index in [0.717, 1.165) is 13.0 Å². The van der Waals surface area contributed by atoms with E-state index in [1.807, 2.05) is 0 Å². The Labute approximate surface area is 104 Å². The molecule has 1 atom stereocenters. The first-order valence-corrected chi connectivity index (χ1v) is 6.46. The zero-order chi connectivity index (χ0) is 11.9. The van der Waals surface area contributed by atoms with E-state index >= 15 is 0 Å². The molecule has 1 unspecified atom stereocenters. The normalized spacial score (nSPS) is 16.6. The Bertz CT molecular complexity index is 389. The highest BCUT2D eigenvalue weighted by Gasteiger charge is 2.04. The van der Waals surface area contributed by atoms with Crippen molar-refractivity contribution in [1.29, 1.82) is 0 Å². The molecular formula is C16H21N. The maximum absolute atomic E-state index is 3.60. The molecule has 1 aromatic carbocycles. The fourth-order valence-electron chi connectivity index (χ4n) is 2.14. The van der Waals surface area contributed by atoms with E-state index in [1.54, 1.807) is 0 Å². The average Bonchev–Trinajstić information content (AvgIpc) is 2.39. The van der Waals surface area contributed by atoms with Crippen LogP contribution >= 0.6 is 0 Å². The highest BCUT2D eigenvalue weighted by molar-refractivity contribution is 5.19. The summed E-state index contributed by atoms with van der Waals surface area (Å²) >= 11 is 0. The van der Waals surface area contributed by atoms with Gasteiger partial charge >= 0.3 is 0 Å². The molecule has 2 rings (SSSR count). The second-order valence-corrected chi connectivity index (χ2v) is 4.76. The Morgan fingerprint density at radius 2 is 2.06 bits per heavy atom. The van der Waals surface area contributed by atoms with Crippen molar-refractivity contribution in [2.24, 2.45) is 0 Å². The quantitative estimate of drug-likeness (QED) is 0.812. The van der Waals surface area contributed by atoms with Crippen LogP contribution in [0.5, 0.6) is 0 Å². The topological polar surface area (TPSA) is 12.0 Å². The van der Waals surface area contributed by atoms with Crippen LogP contribution in [0.15, 0.2) is 54.1 Å². The van der Waals surface area contributed by atoms with Crippen LogP contribution in [0.4, 0.5) is 0 Å². The molecule has 1 heteroatoms. The van der Waals surface area contributed by atoms with Crippen LogP contribution < -0.4 is 5.32 Å². The molecule has 0 fully saturated rings. The van der Waals surface area contributed by atoms with Crippen molar-refractivity contribution in [2.75, 3.05) is 6.54 Å². The van der Waals surface area contributed by atoms with Crippen LogP contribution in [0.1, 0.15) is 25.3 Å². The Hall–Kier alpha value is -1.34. The Morgan fingerprint density at radius 3 is 2.76 bits per heavy atom. The van der Waals surface area contributed by atoms with Gasteiger partial charge in [-0.25, -0.2) is 0 Å². The van der Waals surface area contributed by atoms with E-state index in [0.29, 0.717) is 6.04 Å². The lowest BCUT2D eigenvalue weighted by Gasteiger charge is -2.16. The molecule has 0 radical (unpaired) electrons. The van der Waals surface area contributed by atoms with Gasteiger partial charge < -0.3 is 5.32 Å². The van der Waals surface area contributed by atoms with Crippen molar-refractivity contribution < 1.29 is 0 Å². The number of hydrogen-bond donors (Lipinski definition) is 1. The highest BCUT2D eigenvalue weighted by atomic mass is 14.9. The summed E-state index contributed by atoms with van der Waals surface area (Å²) in [5, 5.41) is 3.60. The second kappa shape index (κ2) is 6.41. The molecule has 0 spiro atoms. The summed E-state index contributed by atoms with van der Waals surface area (Å²) in [4.78, 5) is 0. The minimum atomic E-state index is 0.532. The van der Waals surface area contributed by atoms with E-state index in [-0.39, 0.29) is 0 Å². The summed E-state index contributed by atoms with van der Waals surface area (Å²) in [5.41, 5.74) is 2.93. The van der Waals surface area contributed by atoms with Crippen LogP contribution in [0.2, 0.25) is 0 Å². The predicted octanol–water partition coefficient (Wildman–Crippen LogP) is 3.48. The minimum Gasteiger partial charge on any atom is -0.310 e. The van der Waals surface area contributed by atoms with Crippen molar-refractivity contribution in [3.8, 4) is 0 Å². The largest absolute Gasteiger partial charge is 0.310 e. The predicted molar refractivity (Wildman–Crippen MR) is 74.1 cm³/mol. The first kappa shape index (κ1) is 12.1. The van der Waals surface area contributed by atoms with Crippen molar-refractivity contribution >= 4 is 0 Å². The van der Waals surface area contributed by atoms with E-state index < -0.39 is 0 Å². The fraction of sp³-hybridized carbons (Fsp3) is 0.375.